The van der Waals surface area contributed by atoms with Crippen LogP contribution in [0.4, 0.5) is 5.69 Å². The zero-order valence-corrected chi connectivity index (χ0v) is 14.5. The number of carbonyl (C=O) groups excluding carboxylic acids is 2. The molecular formula is C21H18N4O2. The minimum atomic E-state index is -0.648. The number of nitrogens with two attached hydrogens (primary N) is 1. The molecule has 0 aliphatic carbocycles. The molecule has 6 heteroatoms. The molecule has 27 heavy (non-hydrogen) atoms. The SMILES string of the molecule is NC(=O)C(Nc1cncc(-c2ccc3c(c2)CNC3=O)c1)c1ccccc1. The van der Waals surface area contributed by atoms with Gasteiger partial charge >= 0.3 is 0 Å². The minimum absolute atomic E-state index is 0.0442. The van der Waals surface area contributed by atoms with Crippen LogP contribution in [-0.4, -0.2) is 16.8 Å². The number of nitrogens with zero attached hydrogens (tertiary/aromatic N) is 1. The number of amides is 2. The first-order valence-electron chi connectivity index (χ1n) is 8.59. The van der Waals surface area contributed by atoms with Crippen molar-refractivity contribution in [1.29, 1.82) is 0 Å². The van der Waals surface area contributed by atoms with E-state index < -0.39 is 11.9 Å². The highest BCUT2D eigenvalue weighted by atomic mass is 16.2. The van der Waals surface area contributed by atoms with Gasteiger partial charge in [0.15, 0.2) is 0 Å². The van der Waals surface area contributed by atoms with E-state index in [1.165, 1.54) is 0 Å². The molecule has 2 amide bonds. The first kappa shape index (κ1) is 16.8. The molecule has 1 unspecified atom stereocenters. The van der Waals surface area contributed by atoms with E-state index in [2.05, 4.69) is 15.6 Å². The van der Waals surface area contributed by atoms with E-state index in [0.717, 1.165) is 22.3 Å². The molecule has 1 aromatic heterocycles. The van der Waals surface area contributed by atoms with Gasteiger partial charge in [-0.25, -0.2) is 0 Å². The molecule has 0 saturated carbocycles. The number of anilines is 1. The van der Waals surface area contributed by atoms with E-state index in [1.807, 2.05) is 54.6 Å². The van der Waals surface area contributed by atoms with Gasteiger partial charge in [0.25, 0.3) is 5.91 Å². The molecule has 0 fully saturated rings. The van der Waals surface area contributed by atoms with Gasteiger partial charge in [0.1, 0.15) is 6.04 Å². The first-order chi connectivity index (χ1) is 13.1. The molecule has 3 aromatic rings. The Kier molecular flexibility index (Phi) is 4.30. The summed E-state index contributed by atoms with van der Waals surface area (Å²) in [6.07, 6.45) is 3.40. The topological polar surface area (TPSA) is 97.1 Å². The average Bonchev–Trinajstić information content (AvgIpc) is 3.07. The number of benzene rings is 2. The number of hydrogen-bond acceptors (Lipinski definition) is 4. The Labute approximate surface area is 156 Å². The second-order valence-corrected chi connectivity index (χ2v) is 6.41. The number of fused-ring (bicyclic) bond motifs is 1. The van der Waals surface area contributed by atoms with Gasteiger partial charge in [-0.3, -0.25) is 14.6 Å². The molecule has 0 radical (unpaired) electrons. The highest BCUT2D eigenvalue weighted by Crippen LogP contribution is 2.27. The molecule has 1 aliphatic rings. The summed E-state index contributed by atoms with van der Waals surface area (Å²) in [5.74, 6) is -0.508. The van der Waals surface area contributed by atoms with Crippen LogP contribution in [0.15, 0.2) is 67.0 Å². The van der Waals surface area contributed by atoms with Crippen molar-refractivity contribution in [2.45, 2.75) is 12.6 Å². The fraction of sp³-hybridized carbons (Fsp3) is 0.0952. The van der Waals surface area contributed by atoms with Crippen molar-refractivity contribution in [3.63, 3.8) is 0 Å². The Morgan fingerprint density at radius 2 is 1.89 bits per heavy atom. The van der Waals surface area contributed by atoms with Crippen molar-refractivity contribution in [3.05, 3.63) is 83.7 Å². The minimum Gasteiger partial charge on any atom is -0.369 e. The third kappa shape index (κ3) is 3.37. The van der Waals surface area contributed by atoms with Crippen LogP contribution in [0.5, 0.6) is 0 Å². The maximum absolute atomic E-state index is 11.9. The maximum atomic E-state index is 11.9. The molecule has 4 N–H and O–H groups in total. The van der Waals surface area contributed by atoms with Crippen LogP contribution in [0, 0.1) is 0 Å². The summed E-state index contributed by atoms with van der Waals surface area (Å²) in [4.78, 5) is 27.9. The van der Waals surface area contributed by atoms with Gasteiger partial charge in [-0.2, -0.15) is 0 Å². The number of hydrogen-bond donors (Lipinski definition) is 3. The number of carbonyl (C=O) groups is 2. The third-order valence-electron chi connectivity index (χ3n) is 4.59. The third-order valence-corrected chi connectivity index (χ3v) is 4.59. The van der Waals surface area contributed by atoms with E-state index >= 15 is 0 Å². The monoisotopic (exact) mass is 358 g/mol. The van der Waals surface area contributed by atoms with Gasteiger partial charge in [0, 0.05) is 23.9 Å². The fourth-order valence-corrected chi connectivity index (χ4v) is 3.22. The van der Waals surface area contributed by atoms with Gasteiger partial charge in [-0.1, -0.05) is 36.4 Å². The van der Waals surface area contributed by atoms with Crippen molar-refractivity contribution < 1.29 is 9.59 Å². The molecule has 0 saturated heterocycles. The molecule has 0 spiro atoms. The molecule has 0 bridgehead atoms. The van der Waals surface area contributed by atoms with E-state index in [1.54, 1.807) is 12.4 Å². The lowest BCUT2D eigenvalue weighted by Gasteiger charge is -2.17. The van der Waals surface area contributed by atoms with Crippen molar-refractivity contribution >= 4 is 17.5 Å². The Morgan fingerprint density at radius 3 is 2.67 bits per heavy atom. The standard InChI is InChI=1S/C21H18N4O2/c22-20(26)19(13-4-2-1-3-5-13)25-17-9-15(10-23-12-17)14-6-7-18-16(8-14)11-24-21(18)27/h1-10,12,19,25H,11H2,(H2,22,26)(H,24,27). The number of primary amides is 1. The molecule has 1 atom stereocenters. The predicted molar refractivity (Wildman–Crippen MR) is 103 cm³/mol. The summed E-state index contributed by atoms with van der Waals surface area (Å²) in [7, 11) is 0. The van der Waals surface area contributed by atoms with E-state index in [4.69, 9.17) is 5.73 Å². The summed E-state index contributed by atoms with van der Waals surface area (Å²) in [5.41, 5.74) is 10.6. The first-order valence-corrected chi connectivity index (χ1v) is 8.59. The summed E-state index contributed by atoms with van der Waals surface area (Å²) >= 11 is 0. The Balaban J connectivity index is 1.63. The lowest BCUT2D eigenvalue weighted by atomic mass is 10.0. The molecule has 2 aromatic carbocycles. The molecule has 134 valence electrons. The van der Waals surface area contributed by atoms with Crippen molar-refractivity contribution in [3.8, 4) is 11.1 Å². The summed E-state index contributed by atoms with van der Waals surface area (Å²) in [5, 5.41) is 5.97. The van der Waals surface area contributed by atoms with E-state index in [0.29, 0.717) is 17.8 Å². The van der Waals surface area contributed by atoms with Crippen molar-refractivity contribution in [2.24, 2.45) is 5.73 Å². The van der Waals surface area contributed by atoms with Gasteiger partial charge in [-0.05, 0) is 34.9 Å². The average molecular weight is 358 g/mol. The lowest BCUT2D eigenvalue weighted by Crippen LogP contribution is -2.27. The number of rotatable bonds is 5. The molecule has 6 nitrogen and oxygen atoms in total. The summed E-state index contributed by atoms with van der Waals surface area (Å²) < 4.78 is 0. The summed E-state index contributed by atoms with van der Waals surface area (Å²) in [6.45, 7) is 0.533. The summed E-state index contributed by atoms with van der Waals surface area (Å²) in [6, 6.07) is 16.3. The predicted octanol–water partition coefficient (Wildman–Crippen LogP) is 2.63. The van der Waals surface area contributed by atoms with Crippen LogP contribution in [0.1, 0.15) is 27.5 Å². The normalized spacial score (nSPS) is 13.6. The number of aromatic nitrogens is 1. The van der Waals surface area contributed by atoms with Crippen LogP contribution < -0.4 is 16.4 Å². The maximum Gasteiger partial charge on any atom is 0.251 e. The number of nitrogens with one attached hydrogen (secondary N) is 2. The quantitative estimate of drug-likeness (QED) is 0.653. The largest absolute Gasteiger partial charge is 0.369 e. The highest BCUT2D eigenvalue weighted by Gasteiger charge is 2.20. The van der Waals surface area contributed by atoms with E-state index in [-0.39, 0.29) is 5.91 Å². The second kappa shape index (κ2) is 6.92. The van der Waals surface area contributed by atoms with E-state index in [9.17, 15) is 9.59 Å². The molecule has 4 rings (SSSR count). The second-order valence-electron chi connectivity index (χ2n) is 6.41. The van der Waals surface area contributed by atoms with Crippen LogP contribution in [0.25, 0.3) is 11.1 Å². The zero-order valence-electron chi connectivity index (χ0n) is 14.5. The van der Waals surface area contributed by atoms with Gasteiger partial charge in [-0.15, -0.1) is 0 Å². The smallest absolute Gasteiger partial charge is 0.251 e. The zero-order chi connectivity index (χ0) is 18.8. The highest BCUT2D eigenvalue weighted by molar-refractivity contribution is 5.99. The van der Waals surface area contributed by atoms with Crippen molar-refractivity contribution in [1.82, 2.24) is 10.3 Å². The van der Waals surface area contributed by atoms with Gasteiger partial charge < -0.3 is 16.4 Å². The Morgan fingerprint density at radius 1 is 1.07 bits per heavy atom. The molecule has 2 heterocycles. The molecule has 1 aliphatic heterocycles. The lowest BCUT2D eigenvalue weighted by molar-refractivity contribution is -0.118. The van der Waals surface area contributed by atoms with Crippen LogP contribution >= 0.6 is 0 Å². The fourth-order valence-electron chi connectivity index (χ4n) is 3.22. The number of pyridine rings is 1. The van der Waals surface area contributed by atoms with Gasteiger partial charge in [0.05, 0.1) is 11.9 Å². The van der Waals surface area contributed by atoms with Crippen molar-refractivity contribution in [2.75, 3.05) is 5.32 Å². The van der Waals surface area contributed by atoms with Crippen LogP contribution in [-0.2, 0) is 11.3 Å². The Hall–Kier alpha value is -3.67. The van der Waals surface area contributed by atoms with Gasteiger partial charge in [0.2, 0.25) is 5.91 Å². The van der Waals surface area contributed by atoms with Crippen LogP contribution in [0.2, 0.25) is 0 Å². The molecular weight excluding hydrogens is 340 g/mol. The Bertz CT molecular complexity index is 1020. The van der Waals surface area contributed by atoms with Crippen LogP contribution in [0.3, 0.4) is 0 Å².